The lowest BCUT2D eigenvalue weighted by molar-refractivity contribution is 0.0349. The molecule has 1 aromatic carbocycles. The van der Waals surface area contributed by atoms with Crippen molar-refractivity contribution in [1.82, 2.24) is 25.3 Å². The van der Waals surface area contributed by atoms with Gasteiger partial charge in [0.15, 0.2) is 5.82 Å². The van der Waals surface area contributed by atoms with Crippen molar-refractivity contribution in [2.24, 2.45) is 0 Å². The molecular weight excluding hydrogens is 528 g/mol. The molecule has 2 fully saturated rings. The molecule has 0 amide bonds. The van der Waals surface area contributed by atoms with Crippen molar-refractivity contribution in [2.75, 3.05) is 43.0 Å². The fraction of sp³-hybridized carbons (Fsp3) is 0.400. The molecule has 2 saturated heterocycles. The first-order valence-corrected chi connectivity index (χ1v) is 13.8. The Kier molecular flexibility index (Phi) is 6.83. The molecule has 212 valence electrons. The van der Waals surface area contributed by atoms with Crippen LogP contribution < -0.4 is 20.7 Å². The van der Waals surface area contributed by atoms with Gasteiger partial charge in [0, 0.05) is 50.4 Å². The average molecular weight is 560 g/mol. The van der Waals surface area contributed by atoms with Crippen LogP contribution in [0.5, 0.6) is 0 Å². The minimum Gasteiger partial charge on any atom is -0.390 e. The maximum absolute atomic E-state index is 16.6. The number of rotatable bonds is 5. The van der Waals surface area contributed by atoms with Crippen LogP contribution in [0, 0.1) is 24.0 Å². The van der Waals surface area contributed by atoms with Gasteiger partial charge in [-0.3, -0.25) is 9.78 Å². The maximum Gasteiger partial charge on any atom is 0.249 e. The molecule has 4 aromatic rings. The Hall–Kier alpha value is -4.14. The second-order valence-corrected chi connectivity index (χ2v) is 11.2. The fourth-order valence-corrected chi connectivity index (χ4v) is 5.82. The summed E-state index contributed by atoms with van der Waals surface area (Å²) in [5.74, 6) is 1.75. The molecule has 41 heavy (non-hydrogen) atoms. The number of aliphatic hydroxyl groups is 1. The van der Waals surface area contributed by atoms with Gasteiger partial charge in [0.25, 0.3) is 0 Å². The molecule has 11 heteroatoms. The molecule has 6 rings (SSSR count). The molecule has 0 spiro atoms. The highest BCUT2D eigenvalue weighted by atomic mass is 19.1. The molecule has 0 aliphatic carbocycles. The molecule has 9 nitrogen and oxygen atoms in total. The van der Waals surface area contributed by atoms with Crippen molar-refractivity contribution < 1.29 is 13.9 Å². The summed E-state index contributed by atoms with van der Waals surface area (Å²) in [7, 11) is 1.91. The maximum atomic E-state index is 16.6. The number of hydrogen-bond acceptors (Lipinski definition) is 8. The second kappa shape index (κ2) is 10.4. The van der Waals surface area contributed by atoms with Crippen LogP contribution in [0.15, 0.2) is 29.2 Å². The molecule has 0 unspecified atom stereocenters. The van der Waals surface area contributed by atoms with E-state index in [1.54, 1.807) is 6.92 Å². The van der Waals surface area contributed by atoms with E-state index in [0.717, 1.165) is 19.4 Å². The van der Waals surface area contributed by atoms with Crippen molar-refractivity contribution in [2.45, 2.75) is 44.2 Å². The molecule has 2 aliphatic rings. The number of anilines is 2. The third-order valence-corrected chi connectivity index (χ3v) is 8.15. The number of aromatic nitrogens is 4. The van der Waals surface area contributed by atoms with E-state index < -0.39 is 22.8 Å². The van der Waals surface area contributed by atoms with Crippen molar-refractivity contribution in [3.8, 4) is 23.7 Å². The zero-order chi connectivity index (χ0) is 28.9. The first-order chi connectivity index (χ1) is 19.6. The van der Waals surface area contributed by atoms with E-state index in [1.807, 2.05) is 16.8 Å². The van der Waals surface area contributed by atoms with E-state index >= 15 is 4.39 Å². The Labute approximate surface area is 235 Å². The number of piperidine rings is 1. The smallest absolute Gasteiger partial charge is 0.249 e. The molecule has 0 saturated carbocycles. The van der Waals surface area contributed by atoms with Crippen molar-refractivity contribution in [1.29, 1.82) is 0 Å². The van der Waals surface area contributed by atoms with Crippen molar-refractivity contribution in [3.05, 3.63) is 51.9 Å². The first kappa shape index (κ1) is 27.1. The summed E-state index contributed by atoms with van der Waals surface area (Å²) in [6, 6.07) is 4.17. The Bertz CT molecular complexity index is 1750. The molecule has 1 atom stereocenters. The van der Waals surface area contributed by atoms with Gasteiger partial charge in [-0.15, -0.1) is 6.42 Å². The standard InChI is InChI=1S/C30H31F2N7O2/c1-4-19-21(31)8-7-17-14-22(40)35-26(23(17)19)27-24(32)25-20(15-34-27)28(38(3)16-18-6-5-11-33-18)37-29(36-25)39-12-9-30(2,41)10-13-39/h1,7-8,14-15,18,33,41H,5-6,9-13,16H2,2-3H3,(H,35,40)/t18-/m1/s1. The van der Waals surface area contributed by atoms with E-state index in [0.29, 0.717) is 55.0 Å². The third-order valence-electron chi connectivity index (χ3n) is 8.15. The minimum atomic E-state index is -0.784. The van der Waals surface area contributed by atoms with Crippen LogP contribution in [0.2, 0.25) is 0 Å². The largest absolute Gasteiger partial charge is 0.390 e. The predicted octanol–water partition coefficient (Wildman–Crippen LogP) is 3.33. The monoisotopic (exact) mass is 559 g/mol. The van der Waals surface area contributed by atoms with Gasteiger partial charge in [-0.25, -0.2) is 13.8 Å². The molecular formula is C30H31F2N7O2. The van der Waals surface area contributed by atoms with Crippen LogP contribution in [-0.4, -0.2) is 69.9 Å². The van der Waals surface area contributed by atoms with E-state index in [4.69, 9.17) is 11.4 Å². The highest BCUT2D eigenvalue weighted by Gasteiger charge is 2.30. The normalized spacial score (nSPS) is 18.6. The zero-order valence-corrected chi connectivity index (χ0v) is 23.0. The number of hydrogen-bond donors (Lipinski definition) is 3. The van der Waals surface area contributed by atoms with Crippen LogP contribution in [0.3, 0.4) is 0 Å². The lowest BCUT2D eigenvalue weighted by atomic mass is 9.94. The molecule has 0 radical (unpaired) electrons. The van der Waals surface area contributed by atoms with Crippen molar-refractivity contribution >= 4 is 33.4 Å². The predicted molar refractivity (Wildman–Crippen MR) is 155 cm³/mol. The van der Waals surface area contributed by atoms with Gasteiger partial charge in [-0.1, -0.05) is 12.0 Å². The Morgan fingerprint density at radius 1 is 1.27 bits per heavy atom. The Morgan fingerprint density at radius 3 is 2.76 bits per heavy atom. The summed E-state index contributed by atoms with van der Waals surface area (Å²) in [6.07, 6.45) is 10.3. The molecule has 0 bridgehead atoms. The number of H-pyrrole nitrogens is 1. The first-order valence-electron chi connectivity index (χ1n) is 13.8. The molecule has 3 aromatic heterocycles. The van der Waals surface area contributed by atoms with Gasteiger partial charge in [0.2, 0.25) is 11.5 Å². The topological polar surface area (TPSA) is 110 Å². The number of pyridine rings is 2. The number of halogens is 2. The van der Waals surface area contributed by atoms with Gasteiger partial charge < -0.3 is 25.2 Å². The minimum absolute atomic E-state index is 0.0152. The van der Waals surface area contributed by atoms with E-state index in [9.17, 15) is 14.3 Å². The summed E-state index contributed by atoms with van der Waals surface area (Å²) >= 11 is 0. The van der Waals surface area contributed by atoms with E-state index in [2.05, 4.69) is 26.2 Å². The highest BCUT2D eigenvalue weighted by Crippen LogP contribution is 2.35. The number of nitrogens with one attached hydrogen (secondary N) is 2. The van der Waals surface area contributed by atoms with Gasteiger partial charge >= 0.3 is 0 Å². The molecule has 5 heterocycles. The number of nitrogens with zero attached hydrogens (tertiary/aromatic N) is 5. The van der Waals surface area contributed by atoms with Gasteiger partial charge in [0.1, 0.15) is 22.8 Å². The second-order valence-electron chi connectivity index (χ2n) is 11.2. The van der Waals surface area contributed by atoms with Crippen LogP contribution in [0.4, 0.5) is 20.5 Å². The van der Waals surface area contributed by atoms with Crippen LogP contribution in [0.1, 0.15) is 38.2 Å². The fourth-order valence-electron chi connectivity index (χ4n) is 5.82. The summed E-state index contributed by atoms with van der Waals surface area (Å²) < 4.78 is 31.2. The third kappa shape index (κ3) is 4.98. The Morgan fingerprint density at radius 2 is 2.05 bits per heavy atom. The summed E-state index contributed by atoms with van der Waals surface area (Å²) in [5, 5.41) is 14.9. The molecule has 3 N–H and O–H groups in total. The summed E-state index contributed by atoms with van der Waals surface area (Å²) in [5.41, 5.74) is -1.57. The zero-order valence-electron chi connectivity index (χ0n) is 23.0. The quantitative estimate of drug-likeness (QED) is 0.320. The van der Waals surface area contributed by atoms with E-state index in [1.165, 1.54) is 24.4 Å². The lowest BCUT2D eigenvalue weighted by Gasteiger charge is -2.36. The van der Waals surface area contributed by atoms with Crippen molar-refractivity contribution in [3.63, 3.8) is 0 Å². The van der Waals surface area contributed by atoms with Crippen LogP contribution in [-0.2, 0) is 0 Å². The van der Waals surface area contributed by atoms with Gasteiger partial charge in [0.05, 0.1) is 22.2 Å². The number of aromatic amines is 1. The van der Waals surface area contributed by atoms with Gasteiger partial charge in [-0.05, 0) is 50.6 Å². The number of fused-ring (bicyclic) bond motifs is 2. The van der Waals surface area contributed by atoms with Crippen LogP contribution in [0.25, 0.3) is 33.1 Å². The summed E-state index contributed by atoms with van der Waals surface area (Å²) in [4.78, 5) is 33.0. The average Bonchev–Trinajstić information content (AvgIpc) is 3.46. The number of likely N-dealkylation sites (N-methyl/N-ethyl adjacent to an activating group) is 1. The number of terminal acetylenes is 1. The highest BCUT2D eigenvalue weighted by molar-refractivity contribution is 6.00. The Balaban J connectivity index is 1.55. The van der Waals surface area contributed by atoms with Gasteiger partial charge in [-0.2, -0.15) is 4.98 Å². The van der Waals surface area contributed by atoms with E-state index in [-0.39, 0.29) is 33.9 Å². The summed E-state index contributed by atoms with van der Waals surface area (Å²) in [6.45, 7) is 4.42. The number of benzene rings is 1. The SMILES string of the molecule is C#Cc1c(F)ccc2cc(=O)[nH]c(-c3ncc4c(N(C)C[C@H]5CCCN5)nc(N5CCC(C)(O)CC5)nc4c3F)c12. The molecule has 2 aliphatic heterocycles. The lowest BCUT2D eigenvalue weighted by Crippen LogP contribution is -2.43. The van der Waals surface area contributed by atoms with Crippen LogP contribution >= 0.6 is 0 Å².